The third kappa shape index (κ3) is 7.41. The lowest BCUT2D eigenvalue weighted by Gasteiger charge is -2.23. The first kappa shape index (κ1) is 55.1. The molecule has 0 radical (unpaired) electrons. The molecular formula is C58H10F16N8. The van der Waals surface area contributed by atoms with Crippen molar-refractivity contribution in [2.45, 2.75) is 0 Å². The van der Waals surface area contributed by atoms with Gasteiger partial charge in [0.25, 0.3) is 11.4 Å². The molecule has 7 aromatic carbocycles. The van der Waals surface area contributed by atoms with Crippen molar-refractivity contribution in [1.82, 2.24) is 0 Å². The summed E-state index contributed by atoms with van der Waals surface area (Å²) in [6.07, 6.45) is 0. The molecule has 7 aromatic rings. The van der Waals surface area contributed by atoms with Crippen molar-refractivity contribution in [3.8, 4) is 30.3 Å². The lowest BCUT2D eigenvalue weighted by atomic mass is 9.79. The fourth-order valence-electron chi connectivity index (χ4n) is 9.73. The number of benzene rings is 7. The summed E-state index contributed by atoms with van der Waals surface area (Å²) >= 11 is 0. The Kier molecular flexibility index (Phi) is 13.6. The fraction of sp³-hybridized carbons (Fsp3) is 0. The summed E-state index contributed by atoms with van der Waals surface area (Å²) in [6.45, 7) is 22.9. The van der Waals surface area contributed by atoms with Crippen LogP contribution in [0.15, 0.2) is 60.7 Å². The predicted molar refractivity (Wildman–Crippen MR) is 253 cm³/mol. The first-order chi connectivity index (χ1) is 39.1. The highest BCUT2D eigenvalue weighted by atomic mass is 19.2. The molecule has 0 saturated heterocycles. The fourth-order valence-corrected chi connectivity index (χ4v) is 9.73. The lowest BCUT2D eigenvalue weighted by molar-refractivity contribution is 0.443. The SMILES string of the molecule is [C-]#[N+]C1=C(c2ccccc2)/C(=C(/c2c(F)c(F)c(C#N)c(F)c2F)c2c(F)c(F)c([N+]#[C-])c(F)c2F)c2c(C#N)c3c(c(C#N)c21)/C(=C(/c1c(F)c(F)c(C#N)c(F)c1F)c1c(F)c(F)c([N+]#[C-])c(F)c1F)C(c1ccccc1)=C3C#N. The number of nitrogens with zero attached hydrogens (tertiary/aromatic N) is 8. The number of nitriles is 5. The summed E-state index contributed by atoms with van der Waals surface area (Å²) in [5, 5.41) is 53.2. The molecule has 9 rings (SSSR count). The van der Waals surface area contributed by atoms with Crippen LogP contribution in [0.4, 0.5) is 81.6 Å². The Labute approximate surface area is 447 Å². The second-order valence-electron chi connectivity index (χ2n) is 16.8. The van der Waals surface area contributed by atoms with Crippen LogP contribution in [-0.4, -0.2) is 0 Å². The van der Waals surface area contributed by atoms with Gasteiger partial charge in [0.05, 0.1) is 64.7 Å². The highest BCUT2D eigenvalue weighted by molar-refractivity contribution is 6.36. The normalized spacial score (nSPS) is 13.5. The Morgan fingerprint density at radius 3 is 0.915 bits per heavy atom. The molecule has 0 spiro atoms. The second-order valence-corrected chi connectivity index (χ2v) is 16.8. The minimum atomic E-state index is -2.81. The molecule has 0 saturated carbocycles. The molecule has 0 aromatic heterocycles. The van der Waals surface area contributed by atoms with Crippen molar-refractivity contribution in [2.75, 3.05) is 0 Å². The van der Waals surface area contributed by atoms with E-state index in [1.807, 2.05) is 0 Å². The van der Waals surface area contributed by atoms with E-state index in [0.29, 0.717) is 0 Å². The van der Waals surface area contributed by atoms with E-state index in [1.165, 1.54) is 30.3 Å². The van der Waals surface area contributed by atoms with Gasteiger partial charge in [0.15, 0.2) is 93.1 Å². The van der Waals surface area contributed by atoms with E-state index in [1.54, 1.807) is 0 Å². The maximum atomic E-state index is 16.9. The topological polar surface area (TPSA) is 132 Å². The predicted octanol–water partition coefficient (Wildman–Crippen LogP) is 15.7. The molecule has 394 valence electrons. The molecule has 0 amide bonds. The van der Waals surface area contributed by atoms with E-state index < -0.39 is 227 Å². The third-order valence-electron chi connectivity index (χ3n) is 13.0. The monoisotopic (exact) mass is 1120 g/mol. The van der Waals surface area contributed by atoms with Crippen LogP contribution >= 0.6 is 0 Å². The largest absolute Gasteiger partial charge is 0.262 e. The zero-order chi connectivity index (χ0) is 59.8. The second kappa shape index (κ2) is 20.3. The Morgan fingerprint density at radius 2 is 0.610 bits per heavy atom. The number of halogens is 16. The van der Waals surface area contributed by atoms with E-state index in [0.717, 1.165) is 60.7 Å². The van der Waals surface area contributed by atoms with Gasteiger partial charge in [-0.15, -0.1) is 0 Å². The highest BCUT2D eigenvalue weighted by Crippen LogP contribution is 2.62. The van der Waals surface area contributed by atoms with Crippen LogP contribution in [0.3, 0.4) is 0 Å². The van der Waals surface area contributed by atoms with Crippen LogP contribution in [0.2, 0.25) is 0 Å². The molecule has 0 aliphatic heterocycles. The molecule has 0 atom stereocenters. The molecule has 82 heavy (non-hydrogen) atoms. The molecule has 0 N–H and O–H groups in total. The maximum absolute atomic E-state index is 16.9. The summed E-state index contributed by atoms with van der Waals surface area (Å²) in [5.74, 6) is -43.9. The molecule has 0 unspecified atom stereocenters. The van der Waals surface area contributed by atoms with Crippen LogP contribution in [0.1, 0.15) is 77.9 Å². The van der Waals surface area contributed by atoms with E-state index in [4.69, 9.17) is 19.7 Å². The maximum Gasteiger partial charge on any atom is 0.262 e. The minimum Gasteiger partial charge on any atom is -0.237 e. The van der Waals surface area contributed by atoms with Gasteiger partial charge in [0.2, 0.25) is 5.70 Å². The van der Waals surface area contributed by atoms with Gasteiger partial charge in [-0.3, -0.25) is 0 Å². The van der Waals surface area contributed by atoms with Crippen LogP contribution in [0.25, 0.3) is 59.2 Å². The van der Waals surface area contributed by atoms with E-state index in [9.17, 15) is 26.3 Å². The van der Waals surface area contributed by atoms with E-state index in [-0.39, 0.29) is 0 Å². The number of allylic oxidation sites excluding steroid dienone is 5. The van der Waals surface area contributed by atoms with Gasteiger partial charge in [0.1, 0.15) is 35.4 Å². The van der Waals surface area contributed by atoms with Gasteiger partial charge in [-0.05, 0) is 27.8 Å². The third-order valence-corrected chi connectivity index (χ3v) is 13.0. The van der Waals surface area contributed by atoms with Gasteiger partial charge in [-0.2, -0.15) is 26.3 Å². The Morgan fingerprint density at radius 1 is 0.317 bits per heavy atom. The molecule has 8 nitrogen and oxygen atoms in total. The molecule has 24 heteroatoms. The average Bonchev–Trinajstić information content (AvgIpc) is 1.63. The number of hydrogen-bond donors (Lipinski definition) is 0. The van der Waals surface area contributed by atoms with Crippen molar-refractivity contribution in [3.63, 3.8) is 0 Å². The van der Waals surface area contributed by atoms with Gasteiger partial charge in [-0.25, -0.2) is 84.8 Å². The Balaban J connectivity index is 1.72. The molecular weight excluding hydrogens is 1110 g/mol. The average molecular weight is 1120 g/mol. The quantitative estimate of drug-likeness (QED) is 0.0929. The summed E-state index contributed by atoms with van der Waals surface area (Å²) in [4.78, 5) is 8.09. The lowest BCUT2D eigenvalue weighted by Crippen LogP contribution is -2.14. The van der Waals surface area contributed by atoms with Crippen molar-refractivity contribution in [2.24, 2.45) is 0 Å². The molecule has 2 aliphatic carbocycles. The van der Waals surface area contributed by atoms with Crippen molar-refractivity contribution in [1.29, 1.82) is 26.3 Å². The van der Waals surface area contributed by atoms with Crippen LogP contribution in [0.5, 0.6) is 0 Å². The van der Waals surface area contributed by atoms with Gasteiger partial charge < -0.3 is 0 Å². The van der Waals surface area contributed by atoms with Crippen molar-refractivity contribution in [3.05, 3.63) is 266 Å². The zero-order valence-electron chi connectivity index (χ0n) is 39.4. The first-order valence-electron chi connectivity index (χ1n) is 22.1. The Bertz CT molecular complexity index is 4130. The molecule has 0 heterocycles. The standard InChI is InChI=1S/C58H10F16N8/c1-80-56-27(20-12-8-5-9-13-20)33(35(37-46(65)42(61)25(18-79)43(62)47(37)66)39-50(69)54(73)58(82-3)55(74)51(39)70)30-22(15-76)28-21(14-75)26(19-10-6-4-7-11-19)32(29(28)23(16-77)31(30)56)34(36-44(63)40(59)24(17-78)41(60)45(36)64)38-48(67)52(71)57(81-2)53(72)49(38)68/h4-13H/b34-32-,35-33+. The highest BCUT2D eigenvalue weighted by Gasteiger charge is 2.48. The van der Waals surface area contributed by atoms with E-state index >= 15 is 70.2 Å². The van der Waals surface area contributed by atoms with E-state index in [2.05, 4.69) is 14.5 Å². The summed E-state index contributed by atoms with van der Waals surface area (Å²) < 4.78 is 263. The van der Waals surface area contributed by atoms with Crippen LogP contribution in [-0.2, 0) is 0 Å². The molecule has 0 bridgehead atoms. The van der Waals surface area contributed by atoms with Crippen LogP contribution < -0.4 is 0 Å². The van der Waals surface area contributed by atoms with Crippen LogP contribution in [0, 0.1) is 169 Å². The smallest absolute Gasteiger partial charge is 0.237 e. The summed E-state index contributed by atoms with van der Waals surface area (Å²) in [5.41, 5.74) is -39.4. The summed E-state index contributed by atoms with van der Waals surface area (Å²) in [7, 11) is 0. The van der Waals surface area contributed by atoms with Gasteiger partial charge in [-0.1, -0.05) is 60.7 Å². The summed E-state index contributed by atoms with van der Waals surface area (Å²) in [6, 6.07) is 16.7. The minimum absolute atomic E-state index is 0.569. The van der Waals surface area contributed by atoms with Gasteiger partial charge in [0, 0.05) is 39.0 Å². The number of hydrogen-bond acceptors (Lipinski definition) is 5. The van der Waals surface area contributed by atoms with Gasteiger partial charge >= 0.3 is 0 Å². The number of rotatable bonds is 6. The molecule has 2 aliphatic rings. The number of fused-ring (bicyclic) bond motifs is 2. The molecule has 0 fully saturated rings. The first-order valence-corrected chi connectivity index (χ1v) is 22.1. The Hall–Kier alpha value is -11.7. The zero-order valence-corrected chi connectivity index (χ0v) is 39.4. The van der Waals surface area contributed by atoms with Crippen molar-refractivity contribution < 1.29 is 70.2 Å². The van der Waals surface area contributed by atoms with Crippen molar-refractivity contribution >= 4 is 56.1 Å².